The van der Waals surface area contributed by atoms with Crippen LogP contribution < -0.4 is 10.9 Å². The third kappa shape index (κ3) is 3.16. The van der Waals surface area contributed by atoms with Crippen LogP contribution in [-0.2, 0) is 16.1 Å². The zero-order chi connectivity index (χ0) is 16.6. The van der Waals surface area contributed by atoms with Gasteiger partial charge in [-0.15, -0.1) is 11.3 Å². The number of carbonyl (C=O) groups is 1. The Morgan fingerprint density at radius 3 is 2.91 bits per heavy atom. The maximum absolute atomic E-state index is 12.7. The van der Waals surface area contributed by atoms with Crippen LogP contribution in [0.3, 0.4) is 0 Å². The molecule has 2 aromatic rings. The Morgan fingerprint density at radius 1 is 1.43 bits per heavy atom. The minimum Gasteiger partial charge on any atom is -0.376 e. The van der Waals surface area contributed by atoms with Gasteiger partial charge >= 0.3 is 0 Å². The highest BCUT2D eigenvalue weighted by atomic mass is 32.1. The molecule has 1 amide bonds. The first-order valence-electron chi connectivity index (χ1n) is 7.83. The highest BCUT2D eigenvalue weighted by Gasteiger charge is 2.18. The zero-order valence-corrected chi connectivity index (χ0v) is 14.5. The smallest absolute Gasteiger partial charge is 0.263 e. The molecule has 2 aromatic heterocycles. The Labute approximate surface area is 138 Å². The van der Waals surface area contributed by atoms with Crippen molar-refractivity contribution >= 4 is 27.5 Å². The number of aromatic nitrogens is 2. The lowest BCUT2D eigenvalue weighted by atomic mass is 10.2. The SMILES string of the molecule is Cc1sc2nc(C)n(CC(=O)NCC3CCCO3)c(=O)c2c1C. The van der Waals surface area contributed by atoms with Crippen molar-refractivity contribution in [3.8, 4) is 0 Å². The fourth-order valence-electron chi connectivity index (χ4n) is 2.85. The second-order valence-corrected chi connectivity index (χ2v) is 7.16. The van der Waals surface area contributed by atoms with E-state index >= 15 is 0 Å². The van der Waals surface area contributed by atoms with E-state index in [1.165, 1.54) is 15.9 Å². The number of rotatable bonds is 4. The number of ether oxygens (including phenoxy) is 1. The van der Waals surface area contributed by atoms with Crippen LogP contribution in [0.4, 0.5) is 0 Å². The van der Waals surface area contributed by atoms with Gasteiger partial charge in [-0.2, -0.15) is 0 Å². The first-order valence-corrected chi connectivity index (χ1v) is 8.64. The molecule has 1 unspecified atom stereocenters. The third-order valence-electron chi connectivity index (χ3n) is 4.33. The lowest BCUT2D eigenvalue weighted by Gasteiger charge is -2.13. The maximum Gasteiger partial charge on any atom is 0.263 e. The van der Waals surface area contributed by atoms with Crippen LogP contribution in [0.2, 0.25) is 0 Å². The molecule has 6 nitrogen and oxygen atoms in total. The average Bonchev–Trinajstić information content (AvgIpc) is 3.10. The molecule has 0 aromatic carbocycles. The van der Waals surface area contributed by atoms with E-state index in [1.54, 1.807) is 6.92 Å². The summed E-state index contributed by atoms with van der Waals surface area (Å²) in [6.45, 7) is 6.92. The van der Waals surface area contributed by atoms with Crippen LogP contribution in [0.1, 0.15) is 29.1 Å². The van der Waals surface area contributed by atoms with E-state index in [4.69, 9.17) is 4.74 Å². The summed E-state index contributed by atoms with van der Waals surface area (Å²) in [6.07, 6.45) is 2.11. The van der Waals surface area contributed by atoms with E-state index in [0.29, 0.717) is 17.8 Å². The van der Waals surface area contributed by atoms with Gasteiger partial charge in [-0.1, -0.05) is 0 Å². The van der Waals surface area contributed by atoms with Crippen molar-refractivity contribution in [1.29, 1.82) is 0 Å². The second kappa shape index (κ2) is 6.41. The van der Waals surface area contributed by atoms with E-state index in [1.807, 2.05) is 13.8 Å². The van der Waals surface area contributed by atoms with Crippen LogP contribution >= 0.6 is 11.3 Å². The van der Waals surface area contributed by atoms with Gasteiger partial charge in [-0.25, -0.2) is 4.98 Å². The van der Waals surface area contributed by atoms with Crippen molar-refractivity contribution in [2.24, 2.45) is 0 Å². The van der Waals surface area contributed by atoms with Crippen molar-refractivity contribution < 1.29 is 9.53 Å². The molecule has 0 saturated carbocycles. The predicted molar refractivity (Wildman–Crippen MR) is 90.1 cm³/mol. The molecular formula is C16H21N3O3S. The van der Waals surface area contributed by atoms with Gasteiger partial charge < -0.3 is 10.1 Å². The molecule has 1 N–H and O–H groups in total. The molecule has 0 spiro atoms. The molecule has 1 fully saturated rings. The maximum atomic E-state index is 12.7. The topological polar surface area (TPSA) is 73.2 Å². The number of hydrogen-bond acceptors (Lipinski definition) is 5. The van der Waals surface area contributed by atoms with Gasteiger partial charge in [-0.05, 0) is 39.2 Å². The monoisotopic (exact) mass is 335 g/mol. The van der Waals surface area contributed by atoms with Crippen LogP contribution in [0.15, 0.2) is 4.79 Å². The first-order chi connectivity index (χ1) is 11.0. The summed E-state index contributed by atoms with van der Waals surface area (Å²) in [6, 6.07) is 0. The normalized spacial score (nSPS) is 17.8. The zero-order valence-electron chi connectivity index (χ0n) is 13.6. The number of fused-ring (bicyclic) bond motifs is 1. The average molecular weight is 335 g/mol. The van der Waals surface area contributed by atoms with Crippen molar-refractivity contribution in [3.63, 3.8) is 0 Å². The third-order valence-corrected chi connectivity index (χ3v) is 5.43. The van der Waals surface area contributed by atoms with Crippen molar-refractivity contribution in [3.05, 3.63) is 26.6 Å². The first kappa shape index (κ1) is 16.1. The molecule has 3 heterocycles. The van der Waals surface area contributed by atoms with Crippen LogP contribution in [0.5, 0.6) is 0 Å². The van der Waals surface area contributed by atoms with E-state index in [0.717, 1.165) is 34.7 Å². The summed E-state index contributed by atoms with van der Waals surface area (Å²) in [4.78, 5) is 31.2. The van der Waals surface area contributed by atoms with E-state index in [9.17, 15) is 9.59 Å². The lowest BCUT2D eigenvalue weighted by Crippen LogP contribution is -2.37. The van der Waals surface area contributed by atoms with E-state index in [-0.39, 0.29) is 24.1 Å². The van der Waals surface area contributed by atoms with Crippen LogP contribution in [0, 0.1) is 20.8 Å². The quantitative estimate of drug-likeness (QED) is 0.922. The molecule has 0 aliphatic carbocycles. The lowest BCUT2D eigenvalue weighted by molar-refractivity contribution is -0.122. The summed E-state index contributed by atoms with van der Waals surface area (Å²) in [7, 11) is 0. The highest BCUT2D eigenvalue weighted by Crippen LogP contribution is 2.26. The van der Waals surface area contributed by atoms with Crippen molar-refractivity contribution in [2.45, 2.75) is 46.3 Å². The number of amides is 1. The number of nitrogens with zero attached hydrogens (tertiary/aromatic N) is 2. The molecule has 0 bridgehead atoms. The van der Waals surface area contributed by atoms with Gasteiger partial charge in [0, 0.05) is 18.0 Å². The highest BCUT2D eigenvalue weighted by molar-refractivity contribution is 7.18. The van der Waals surface area contributed by atoms with Gasteiger partial charge in [-0.3, -0.25) is 14.2 Å². The number of nitrogens with one attached hydrogen (secondary N) is 1. The summed E-state index contributed by atoms with van der Waals surface area (Å²) >= 11 is 1.52. The molecule has 1 saturated heterocycles. The molecule has 1 aliphatic heterocycles. The van der Waals surface area contributed by atoms with Gasteiger partial charge in [0.1, 0.15) is 17.2 Å². The number of thiophene rings is 1. The number of aryl methyl sites for hydroxylation is 3. The molecule has 1 atom stereocenters. The van der Waals surface area contributed by atoms with Gasteiger partial charge in [0.2, 0.25) is 5.91 Å². The largest absolute Gasteiger partial charge is 0.376 e. The number of hydrogen-bond donors (Lipinski definition) is 1. The van der Waals surface area contributed by atoms with Crippen molar-refractivity contribution in [1.82, 2.24) is 14.9 Å². The molecular weight excluding hydrogens is 314 g/mol. The minimum absolute atomic E-state index is 0.00530. The predicted octanol–water partition coefficient (Wildman–Crippen LogP) is 1.68. The van der Waals surface area contributed by atoms with Gasteiger partial charge in [0.25, 0.3) is 5.56 Å². The standard InChI is InChI=1S/C16H21N3O3S/c1-9-10(2)23-15-14(9)16(21)19(11(3)18-15)8-13(20)17-7-12-5-4-6-22-12/h12H,4-8H2,1-3H3,(H,17,20). The Morgan fingerprint density at radius 2 is 2.22 bits per heavy atom. The molecule has 7 heteroatoms. The molecule has 0 radical (unpaired) electrons. The van der Waals surface area contributed by atoms with E-state index in [2.05, 4.69) is 10.3 Å². The van der Waals surface area contributed by atoms with Gasteiger partial charge in [0.15, 0.2) is 0 Å². The van der Waals surface area contributed by atoms with Gasteiger partial charge in [0.05, 0.1) is 11.5 Å². The molecule has 23 heavy (non-hydrogen) atoms. The van der Waals surface area contributed by atoms with Crippen LogP contribution in [-0.4, -0.2) is 34.7 Å². The molecule has 3 rings (SSSR count). The molecule has 1 aliphatic rings. The van der Waals surface area contributed by atoms with E-state index < -0.39 is 0 Å². The Balaban J connectivity index is 1.80. The van der Waals surface area contributed by atoms with Crippen LogP contribution in [0.25, 0.3) is 10.2 Å². The Kier molecular flexibility index (Phi) is 4.50. The second-order valence-electron chi connectivity index (χ2n) is 5.95. The Hall–Kier alpha value is -1.73. The fraction of sp³-hybridized carbons (Fsp3) is 0.562. The summed E-state index contributed by atoms with van der Waals surface area (Å²) in [5.41, 5.74) is 0.817. The minimum atomic E-state index is -0.184. The van der Waals surface area contributed by atoms with Crippen molar-refractivity contribution in [2.75, 3.05) is 13.2 Å². The summed E-state index contributed by atoms with van der Waals surface area (Å²) in [5, 5.41) is 3.48. The summed E-state index contributed by atoms with van der Waals surface area (Å²) in [5.74, 6) is 0.382. The summed E-state index contributed by atoms with van der Waals surface area (Å²) < 4.78 is 6.93. The fourth-order valence-corrected chi connectivity index (χ4v) is 3.91. The Bertz CT molecular complexity index is 803. The number of carbonyl (C=O) groups excluding carboxylic acids is 1. The molecule has 124 valence electrons.